The third-order valence-electron chi connectivity index (χ3n) is 3.84. The van der Waals surface area contributed by atoms with Gasteiger partial charge < -0.3 is 10.4 Å². The Morgan fingerprint density at radius 1 is 1.10 bits per heavy atom. The molecule has 1 fully saturated rings. The number of amides is 1. The standard InChI is InChI=1S/C16H21NO3/c18-15(19)11-13-9-5-6-10-14(13)17-16(20)12-7-3-1-2-4-8-12/h5-6,9-10,12H,1-4,7-8,11H2,(H,17,20)(H,18,19). The second-order valence-corrected chi connectivity index (χ2v) is 5.41. The van der Waals surface area contributed by atoms with Gasteiger partial charge in [-0.15, -0.1) is 0 Å². The van der Waals surface area contributed by atoms with E-state index in [0.29, 0.717) is 11.3 Å². The summed E-state index contributed by atoms with van der Waals surface area (Å²) in [5, 5.41) is 11.8. The molecule has 0 spiro atoms. The maximum absolute atomic E-state index is 12.3. The van der Waals surface area contributed by atoms with Gasteiger partial charge in [-0.2, -0.15) is 0 Å². The molecule has 0 unspecified atom stereocenters. The first-order valence-corrected chi connectivity index (χ1v) is 7.27. The molecule has 0 heterocycles. The van der Waals surface area contributed by atoms with E-state index < -0.39 is 5.97 Å². The van der Waals surface area contributed by atoms with Gasteiger partial charge in [0.05, 0.1) is 6.42 Å². The minimum Gasteiger partial charge on any atom is -0.481 e. The molecule has 4 heteroatoms. The first-order chi connectivity index (χ1) is 9.66. The molecule has 1 aliphatic carbocycles. The second kappa shape index (κ2) is 7.08. The van der Waals surface area contributed by atoms with Gasteiger partial charge in [0.25, 0.3) is 0 Å². The lowest BCUT2D eigenvalue weighted by Gasteiger charge is -2.16. The van der Waals surface area contributed by atoms with E-state index in [1.54, 1.807) is 18.2 Å². The topological polar surface area (TPSA) is 66.4 Å². The van der Waals surface area contributed by atoms with Gasteiger partial charge in [-0.3, -0.25) is 9.59 Å². The molecule has 1 aliphatic rings. The van der Waals surface area contributed by atoms with E-state index in [0.717, 1.165) is 25.7 Å². The van der Waals surface area contributed by atoms with E-state index in [4.69, 9.17) is 5.11 Å². The van der Waals surface area contributed by atoms with Crippen LogP contribution >= 0.6 is 0 Å². The van der Waals surface area contributed by atoms with E-state index >= 15 is 0 Å². The lowest BCUT2D eigenvalue weighted by molar-refractivity contribution is -0.136. The van der Waals surface area contributed by atoms with Crippen molar-refractivity contribution in [2.45, 2.75) is 44.9 Å². The van der Waals surface area contributed by atoms with E-state index in [-0.39, 0.29) is 18.2 Å². The van der Waals surface area contributed by atoms with E-state index in [9.17, 15) is 9.59 Å². The summed E-state index contributed by atoms with van der Waals surface area (Å²) in [6.07, 6.45) is 6.43. The molecule has 20 heavy (non-hydrogen) atoms. The molecule has 1 aromatic carbocycles. The number of hydrogen-bond donors (Lipinski definition) is 2. The van der Waals surface area contributed by atoms with E-state index in [1.165, 1.54) is 12.8 Å². The third-order valence-corrected chi connectivity index (χ3v) is 3.84. The first-order valence-electron chi connectivity index (χ1n) is 7.27. The Bertz CT molecular complexity index is 476. The number of benzene rings is 1. The van der Waals surface area contributed by atoms with Crippen molar-refractivity contribution in [3.63, 3.8) is 0 Å². The van der Waals surface area contributed by atoms with E-state index in [1.807, 2.05) is 6.07 Å². The van der Waals surface area contributed by atoms with Crippen molar-refractivity contribution in [2.75, 3.05) is 5.32 Å². The highest BCUT2D eigenvalue weighted by Crippen LogP contribution is 2.25. The average Bonchev–Trinajstić information content (AvgIpc) is 2.69. The SMILES string of the molecule is O=C(O)Cc1ccccc1NC(=O)C1CCCCCC1. The highest BCUT2D eigenvalue weighted by Gasteiger charge is 2.20. The predicted octanol–water partition coefficient (Wildman–Crippen LogP) is 3.22. The number of hydrogen-bond acceptors (Lipinski definition) is 2. The third kappa shape index (κ3) is 4.08. The molecule has 2 rings (SSSR count). The summed E-state index contributed by atoms with van der Waals surface area (Å²) in [5.41, 5.74) is 1.28. The summed E-state index contributed by atoms with van der Waals surface area (Å²) >= 11 is 0. The number of anilines is 1. The Balaban J connectivity index is 2.04. The second-order valence-electron chi connectivity index (χ2n) is 5.41. The monoisotopic (exact) mass is 275 g/mol. The van der Waals surface area contributed by atoms with Crippen molar-refractivity contribution in [1.29, 1.82) is 0 Å². The molecule has 2 N–H and O–H groups in total. The maximum atomic E-state index is 12.3. The number of rotatable bonds is 4. The molecule has 0 radical (unpaired) electrons. The first kappa shape index (κ1) is 14.6. The number of carboxylic acid groups (broad SMARTS) is 1. The fraction of sp³-hybridized carbons (Fsp3) is 0.500. The lowest BCUT2D eigenvalue weighted by Crippen LogP contribution is -2.23. The quantitative estimate of drug-likeness (QED) is 0.829. The molecule has 0 atom stereocenters. The highest BCUT2D eigenvalue weighted by atomic mass is 16.4. The molecule has 0 bridgehead atoms. The zero-order valence-corrected chi connectivity index (χ0v) is 11.6. The fourth-order valence-corrected chi connectivity index (χ4v) is 2.74. The maximum Gasteiger partial charge on any atom is 0.307 e. The van der Waals surface area contributed by atoms with Gasteiger partial charge in [-0.25, -0.2) is 0 Å². The molecular formula is C16H21NO3. The van der Waals surface area contributed by atoms with Crippen LogP contribution in [-0.2, 0) is 16.0 Å². The van der Waals surface area contributed by atoms with Crippen LogP contribution < -0.4 is 5.32 Å². The van der Waals surface area contributed by atoms with Crippen LogP contribution in [0.25, 0.3) is 0 Å². The minimum atomic E-state index is -0.888. The number of carboxylic acids is 1. The molecule has 0 saturated heterocycles. The fourth-order valence-electron chi connectivity index (χ4n) is 2.74. The van der Waals surface area contributed by atoms with Crippen LogP contribution in [0.2, 0.25) is 0 Å². The summed E-state index contributed by atoms with van der Waals surface area (Å²) in [7, 11) is 0. The van der Waals surface area contributed by atoms with Gasteiger partial charge in [0.15, 0.2) is 0 Å². The van der Waals surface area contributed by atoms with Crippen LogP contribution in [-0.4, -0.2) is 17.0 Å². The van der Waals surface area contributed by atoms with Crippen molar-refractivity contribution in [3.05, 3.63) is 29.8 Å². The van der Waals surface area contributed by atoms with Crippen molar-refractivity contribution in [2.24, 2.45) is 5.92 Å². The number of carbonyl (C=O) groups is 2. The van der Waals surface area contributed by atoms with Crippen molar-refractivity contribution < 1.29 is 14.7 Å². The number of nitrogens with one attached hydrogen (secondary N) is 1. The van der Waals surface area contributed by atoms with Crippen LogP contribution in [0, 0.1) is 5.92 Å². The van der Waals surface area contributed by atoms with Crippen molar-refractivity contribution in [1.82, 2.24) is 0 Å². The Morgan fingerprint density at radius 2 is 1.75 bits per heavy atom. The summed E-state index contributed by atoms with van der Waals surface area (Å²) in [6, 6.07) is 7.12. The minimum absolute atomic E-state index is 0.0322. The number of carbonyl (C=O) groups excluding carboxylic acids is 1. The molecule has 1 amide bonds. The molecule has 1 aromatic rings. The van der Waals surface area contributed by atoms with Gasteiger partial charge >= 0.3 is 5.97 Å². The van der Waals surface area contributed by atoms with Crippen LogP contribution in [0.3, 0.4) is 0 Å². The lowest BCUT2D eigenvalue weighted by atomic mass is 9.99. The Labute approximate surface area is 119 Å². The summed E-state index contributed by atoms with van der Waals surface area (Å²) < 4.78 is 0. The summed E-state index contributed by atoms with van der Waals surface area (Å²) in [4.78, 5) is 23.1. The Hall–Kier alpha value is -1.84. The molecule has 0 aromatic heterocycles. The van der Waals surface area contributed by atoms with E-state index in [2.05, 4.69) is 5.32 Å². The zero-order valence-electron chi connectivity index (χ0n) is 11.6. The van der Waals surface area contributed by atoms with Gasteiger partial charge in [0, 0.05) is 11.6 Å². The summed E-state index contributed by atoms with van der Waals surface area (Å²) in [6.45, 7) is 0. The predicted molar refractivity (Wildman–Crippen MR) is 77.6 cm³/mol. The molecule has 4 nitrogen and oxygen atoms in total. The van der Waals surface area contributed by atoms with Crippen molar-refractivity contribution in [3.8, 4) is 0 Å². The van der Waals surface area contributed by atoms with Crippen LogP contribution in [0.1, 0.15) is 44.1 Å². The molecular weight excluding hydrogens is 254 g/mol. The smallest absolute Gasteiger partial charge is 0.307 e. The zero-order chi connectivity index (χ0) is 14.4. The van der Waals surface area contributed by atoms with Crippen LogP contribution in [0.15, 0.2) is 24.3 Å². The Kier molecular flexibility index (Phi) is 5.16. The molecule has 0 aliphatic heterocycles. The largest absolute Gasteiger partial charge is 0.481 e. The number of para-hydroxylation sites is 1. The van der Waals surface area contributed by atoms with Gasteiger partial charge in [0.2, 0.25) is 5.91 Å². The summed E-state index contributed by atoms with van der Waals surface area (Å²) in [5.74, 6) is -0.790. The van der Waals surface area contributed by atoms with Crippen LogP contribution in [0.4, 0.5) is 5.69 Å². The molecule has 108 valence electrons. The number of aliphatic carboxylic acids is 1. The highest BCUT2D eigenvalue weighted by molar-refractivity contribution is 5.93. The van der Waals surface area contributed by atoms with Gasteiger partial charge in [-0.05, 0) is 24.5 Å². The Morgan fingerprint density at radius 3 is 2.40 bits per heavy atom. The van der Waals surface area contributed by atoms with Crippen LogP contribution in [0.5, 0.6) is 0 Å². The van der Waals surface area contributed by atoms with Gasteiger partial charge in [-0.1, -0.05) is 43.9 Å². The van der Waals surface area contributed by atoms with Crippen molar-refractivity contribution >= 4 is 17.6 Å². The normalized spacial score (nSPS) is 16.4. The average molecular weight is 275 g/mol. The molecule has 1 saturated carbocycles. The van der Waals surface area contributed by atoms with Gasteiger partial charge in [0.1, 0.15) is 0 Å².